The Hall–Kier alpha value is -1.28. The van der Waals surface area contributed by atoms with Crippen molar-refractivity contribution in [3.05, 3.63) is 11.6 Å². The molecule has 0 unspecified atom stereocenters. The molecule has 64 heavy (non-hydrogen) atoms. The molecule has 23 atom stereocenters. The van der Waals surface area contributed by atoms with Crippen molar-refractivity contribution in [3.63, 3.8) is 0 Å². The molecular weight excluding hydrogens is 865 g/mol. The number of ketones is 1. The van der Waals surface area contributed by atoms with Crippen molar-refractivity contribution in [2.75, 3.05) is 6.61 Å². The number of hydrogen-bond acceptors (Lipinski definition) is 18. The Bertz CT molecular complexity index is 1800. The number of aliphatic hydroxyl groups is 8. The van der Waals surface area contributed by atoms with Crippen LogP contribution in [0.4, 0.5) is 0 Å². The number of fused-ring (bicyclic) bond motifs is 5. The third kappa shape index (κ3) is 9.79. The summed E-state index contributed by atoms with van der Waals surface area (Å²) in [6.45, 7) is 12.6. The molecule has 0 spiro atoms. The molecule has 3 saturated heterocycles. The standard InChI is InChI=1S/C44H72O19S/c1-19(2)14-22(45)17-44(7,53)30-9-8-25-24-16-29(27-15-23(63-64(54,55)56)10-12-42(27,5)26(24)11-13-43(25,30)6)60-40-36(52)37(32(48)21(4)59-40)61-41-38(33(49)28(46)18-57-41)62-39-35(51)34(50)31(47)20(3)58-39/h11,19-21,23-25,27-41,46-53H,8-10,12-18H2,1-7H3,(H,54,55,56)/t20-,21-,23+,24+,25+,27-,28-,29+,30+,31-,32-,33+,34+,35-,36-,37+,38-,39+,40+,41+,42-,43+,44-/m1/s1. The van der Waals surface area contributed by atoms with Crippen LogP contribution in [-0.4, -0.2) is 170 Å². The van der Waals surface area contributed by atoms with Crippen molar-refractivity contribution < 1.29 is 91.2 Å². The predicted octanol–water partition coefficient (Wildman–Crippen LogP) is 0.647. The third-order valence-corrected chi connectivity index (χ3v) is 16.6. The fourth-order valence-corrected chi connectivity index (χ4v) is 13.4. The zero-order valence-corrected chi connectivity index (χ0v) is 38.6. The number of allylic oxidation sites excluding steroid dienone is 2. The van der Waals surface area contributed by atoms with E-state index < -0.39 is 132 Å². The van der Waals surface area contributed by atoms with Gasteiger partial charge in [-0.2, -0.15) is 8.42 Å². The lowest BCUT2D eigenvalue weighted by molar-refractivity contribution is -0.379. The Kier molecular flexibility index (Phi) is 14.9. The summed E-state index contributed by atoms with van der Waals surface area (Å²) in [6.07, 6.45) is -16.4. The highest BCUT2D eigenvalue weighted by Gasteiger charge is 2.63. The van der Waals surface area contributed by atoms with Gasteiger partial charge in [-0.05, 0) is 106 Å². The normalized spacial score (nSPS) is 49.6. The molecule has 368 valence electrons. The minimum absolute atomic E-state index is 0.0243. The number of Topliss-reactive ketones (excluding diaryl/α,β-unsaturated/α-hetero) is 1. The molecule has 0 aromatic heterocycles. The summed E-state index contributed by atoms with van der Waals surface area (Å²) in [5, 5.41) is 88.3. The summed E-state index contributed by atoms with van der Waals surface area (Å²) in [4.78, 5) is 13.1. The first-order valence-electron chi connectivity index (χ1n) is 23.0. The van der Waals surface area contributed by atoms with E-state index in [-0.39, 0.29) is 47.7 Å². The van der Waals surface area contributed by atoms with Crippen LogP contribution in [-0.2, 0) is 47.8 Å². The van der Waals surface area contributed by atoms with Crippen molar-refractivity contribution in [1.82, 2.24) is 0 Å². The first-order chi connectivity index (χ1) is 29.8. The molecule has 3 aliphatic heterocycles. The van der Waals surface area contributed by atoms with Gasteiger partial charge in [0.2, 0.25) is 0 Å². The van der Waals surface area contributed by atoms with Crippen LogP contribution in [0.15, 0.2) is 11.6 Å². The van der Waals surface area contributed by atoms with Crippen molar-refractivity contribution in [2.45, 2.75) is 210 Å². The van der Waals surface area contributed by atoms with Crippen LogP contribution in [0.3, 0.4) is 0 Å². The molecule has 0 bridgehead atoms. The van der Waals surface area contributed by atoms with E-state index in [1.807, 2.05) is 13.8 Å². The third-order valence-electron chi connectivity index (χ3n) is 16.1. The zero-order valence-electron chi connectivity index (χ0n) is 37.8. The molecule has 0 aromatic rings. The average molecular weight is 937 g/mol. The maximum atomic E-state index is 13.1. The van der Waals surface area contributed by atoms with Crippen LogP contribution in [0.1, 0.15) is 106 Å². The largest absolute Gasteiger partial charge is 0.397 e. The van der Waals surface area contributed by atoms with Crippen LogP contribution in [0.2, 0.25) is 0 Å². The molecule has 7 rings (SSSR count). The lowest BCUT2D eigenvalue weighted by Crippen LogP contribution is -2.65. The molecule has 0 amide bonds. The van der Waals surface area contributed by atoms with Gasteiger partial charge in [0, 0.05) is 12.8 Å². The Morgan fingerprint density at radius 2 is 1.47 bits per heavy atom. The number of hydrogen-bond donors (Lipinski definition) is 9. The first-order valence-corrected chi connectivity index (χ1v) is 24.4. The molecule has 0 aromatic carbocycles. The van der Waals surface area contributed by atoms with Gasteiger partial charge in [-0.1, -0.05) is 39.3 Å². The van der Waals surface area contributed by atoms with Crippen LogP contribution < -0.4 is 0 Å². The zero-order chi connectivity index (χ0) is 47.0. The summed E-state index contributed by atoms with van der Waals surface area (Å²) in [5.41, 5.74) is -0.951. The van der Waals surface area contributed by atoms with E-state index in [2.05, 4.69) is 19.9 Å². The van der Waals surface area contributed by atoms with Crippen LogP contribution in [0, 0.1) is 40.4 Å². The fraction of sp³-hybridized carbons (Fsp3) is 0.932. The summed E-state index contributed by atoms with van der Waals surface area (Å²) in [7, 11) is -4.79. The van der Waals surface area contributed by atoms with E-state index >= 15 is 0 Å². The van der Waals surface area contributed by atoms with Gasteiger partial charge in [-0.25, -0.2) is 4.18 Å². The molecule has 6 fully saturated rings. The second-order valence-electron chi connectivity index (χ2n) is 21.1. The van der Waals surface area contributed by atoms with Gasteiger partial charge < -0.3 is 69.3 Å². The number of aliphatic hydroxyl groups excluding tert-OH is 7. The van der Waals surface area contributed by atoms with Crippen molar-refractivity contribution in [2.24, 2.45) is 40.4 Å². The minimum atomic E-state index is -4.79. The van der Waals surface area contributed by atoms with Crippen molar-refractivity contribution in [3.8, 4) is 0 Å². The smallest absolute Gasteiger partial charge is 0.389 e. The highest BCUT2D eigenvalue weighted by atomic mass is 32.3. The second-order valence-corrected chi connectivity index (χ2v) is 22.1. The summed E-state index contributed by atoms with van der Waals surface area (Å²) >= 11 is 0. The van der Waals surface area contributed by atoms with Gasteiger partial charge in [0.05, 0.1) is 36.6 Å². The molecule has 3 saturated carbocycles. The summed E-state index contributed by atoms with van der Waals surface area (Å²) < 4.78 is 75.0. The van der Waals surface area contributed by atoms with Gasteiger partial charge in [-0.3, -0.25) is 9.35 Å². The molecule has 4 aliphatic carbocycles. The van der Waals surface area contributed by atoms with E-state index in [9.17, 15) is 58.6 Å². The van der Waals surface area contributed by atoms with Gasteiger partial charge >= 0.3 is 10.4 Å². The molecule has 3 heterocycles. The highest BCUT2D eigenvalue weighted by molar-refractivity contribution is 7.80. The van der Waals surface area contributed by atoms with Gasteiger partial charge in [0.1, 0.15) is 60.7 Å². The van der Waals surface area contributed by atoms with Gasteiger partial charge in [0.25, 0.3) is 0 Å². The average Bonchev–Trinajstić information content (AvgIpc) is 3.57. The summed E-state index contributed by atoms with van der Waals surface area (Å²) in [5.74, 6) is -0.365. The predicted molar refractivity (Wildman–Crippen MR) is 222 cm³/mol. The first kappa shape index (κ1) is 50.6. The summed E-state index contributed by atoms with van der Waals surface area (Å²) in [6, 6.07) is 0. The van der Waals surface area contributed by atoms with E-state index in [0.717, 1.165) is 6.42 Å². The Balaban J connectivity index is 1.15. The van der Waals surface area contributed by atoms with Crippen molar-refractivity contribution in [1.29, 1.82) is 0 Å². The van der Waals surface area contributed by atoms with E-state index in [0.29, 0.717) is 38.5 Å². The number of rotatable bonds is 13. The number of carbonyl (C=O) groups is 1. The SMILES string of the molecule is CC(C)CC(=O)C[C@@](C)(O)[C@H]1CC[C@H]2[C@@H]3C[C@H](O[C@@H]4O[C@H](C)[C@@H](O)[C@H](O[C@@H]5OC[C@@H](O)[C@H](O)[C@H]5O[C@@H]5O[C@H](C)[C@@H](O)[C@H](O)[C@H]5O)[C@H]4O)[C@H]4C[C@@H](OS(=O)(=O)O)CC[C@]4(C)C3=CC[C@@]21C. The molecular formula is C44H72O19S. The molecule has 20 heteroatoms. The molecule has 19 nitrogen and oxygen atoms in total. The molecule has 9 N–H and O–H groups in total. The fourth-order valence-electron chi connectivity index (χ4n) is 12.9. The van der Waals surface area contributed by atoms with E-state index in [1.54, 1.807) is 13.8 Å². The monoisotopic (exact) mass is 936 g/mol. The lowest BCUT2D eigenvalue weighted by atomic mass is 9.47. The minimum Gasteiger partial charge on any atom is -0.389 e. The Morgan fingerprint density at radius 1 is 0.828 bits per heavy atom. The van der Waals surface area contributed by atoms with Crippen molar-refractivity contribution >= 4 is 16.2 Å². The van der Waals surface area contributed by atoms with Crippen LogP contribution >= 0.6 is 0 Å². The van der Waals surface area contributed by atoms with Crippen LogP contribution in [0.5, 0.6) is 0 Å². The van der Waals surface area contributed by atoms with Gasteiger partial charge in [-0.15, -0.1) is 0 Å². The van der Waals surface area contributed by atoms with Crippen LogP contribution in [0.25, 0.3) is 0 Å². The maximum Gasteiger partial charge on any atom is 0.397 e. The maximum absolute atomic E-state index is 13.1. The number of ether oxygens (including phenoxy) is 6. The van der Waals surface area contributed by atoms with Gasteiger partial charge in [0.15, 0.2) is 18.9 Å². The molecule has 0 radical (unpaired) electrons. The number of carbonyl (C=O) groups excluding carboxylic acids is 1. The Morgan fingerprint density at radius 3 is 2.12 bits per heavy atom. The topological polar surface area (TPSA) is 298 Å². The van der Waals surface area contributed by atoms with E-state index in [1.165, 1.54) is 12.5 Å². The lowest BCUT2D eigenvalue weighted by Gasteiger charge is -2.60. The molecule has 7 aliphatic rings. The highest BCUT2D eigenvalue weighted by Crippen LogP contribution is 2.67. The Labute approximate surface area is 375 Å². The second kappa shape index (κ2) is 18.9. The quantitative estimate of drug-likeness (QED) is 0.0905. The van der Waals surface area contributed by atoms with E-state index in [4.69, 9.17) is 32.6 Å².